The van der Waals surface area contributed by atoms with E-state index in [1.54, 1.807) is 23.1 Å². The molecule has 0 radical (unpaired) electrons. The maximum Gasteiger partial charge on any atom is 0.264 e. The minimum absolute atomic E-state index is 0.0671. The highest BCUT2D eigenvalue weighted by Gasteiger charge is 2.32. The molecular formula is C34H42N6O4S. The van der Waals surface area contributed by atoms with Crippen LogP contribution in [-0.2, 0) is 23.6 Å². The van der Waals surface area contributed by atoms with E-state index in [9.17, 15) is 13.2 Å². The third-order valence-electron chi connectivity index (χ3n) is 7.92. The molecule has 1 aliphatic rings. The molecule has 2 aromatic heterocycles. The van der Waals surface area contributed by atoms with Gasteiger partial charge in [-0.2, -0.15) is 4.98 Å². The number of imidazole rings is 1. The van der Waals surface area contributed by atoms with Crippen LogP contribution in [0.5, 0.6) is 5.88 Å². The number of aromatic nitrogens is 4. The van der Waals surface area contributed by atoms with Crippen molar-refractivity contribution in [1.29, 1.82) is 0 Å². The van der Waals surface area contributed by atoms with Gasteiger partial charge in [0.2, 0.25) is 11.8 Å². The van der Waals surface area contributed by atoms with Gasteiger partial charge in [0.1, 0.15) is 12.4 Å². The lowest BCUT2D eigenvalue weighted by Gasteiger charge is -2.35. The highest BCUT2D eigenvalue weighted by atomic mass is 32.2. The fourth-order valence-electron chi connectivity index (χ4n) is 5.65. The fourth-order valence-corrected chi connectivity index (χ4v) is 6.64. The molecule has 1 atom stereocenters. The summed E-state index contributed by atoms with van der Waals surface area (Å²) in [7, 11) is -2.23. The quantitative estimate of drug-likeness (QED) is 0.277. The van der Waals surface area contributed by atoms with Gasteiger partial charge in [0, 0.05) is 30.4 Å². The van der Waals surface area contributed by atoms with Crippen LogP contribution in [0, 0.1) is 19.3 Å². The summed E-state index contributed by atoms with van der Waals surface area (Å²) in [6.07, 6.45) is 2.59. The van der Waals surface area contributed by atoms with Crippen molar-refractivity contribution in [2.75, 3.05) is 11.3 Å². The summed E-state index contributed by atoms with van der Waals surface area (Å²) in [5.74, 6) is 0.725. The van der Waals surface area contributed by atoms with Crippen LogP contribution in [-0.4, -0.2) is 51.4 Å². The monoisotopic (exact) mass is 630 g/mol. The molecule has 5 rings (SSSR count). The summed E-state index contributed by atoms with van der Waals surface area (Å²) in [5, 5.41) is 0. The average molecular weight is 631 g/mol. The van der Waals surface area contributed by atoms with Crippen molar-refractivity contribution in [3.8, 4) is 17.1 Å². The molecule has 0 fully saturated rings. The molecule has 0 aliphatic carbocycles. The highest BCUT2D eigenvalue weighted by molar-refractivity contribution is 7.92. The third kappa shape index (κ3) is 7.19. The maximum absolute atomic E-state index is 14.4. The van der Waals surface area contributed by atoms with Gasteiger partial charge >= 0.3 is 0 Å². The fraction of sp³-hybridized carbons (Fsp3) is 0.412. The predicted molar refractivity (Wildman–Crippen MR) is 175 cm³/mol. The number of rotatable bonds is 5. The molecule has 0 unspecified atom stereocenters. The molecular weight excluding hydrogens is 588 g/mol. The van der Waals surface area contributed by atoms with Gasteiger partial charge in [-0.25, -0.2) is 23.1 Å². The number of hydrogen-bond acceptors (Lipinski definition) is 7. The van der Waals surface area contributed by atoms with Crippen LogP contribution in [0.2, 0.25) is 0 Å². The Bertz CT molecular complexity index is 1820. The van der Waals surface area contributed by atoms with Crippen LogP contribution < -0.4 is 9.46 Å². The maximum atomic E-state index is 14.4. The second-order valence-electron chi connectivity index (χ2n) is 13.3. The molecule has 238 valence electrons. The summed E-state index contributed by atoms with van der Waals surface area (Å²) >= 11 is 0. The van der Waals surface area contributed by atoms with Crippen molar-refractivity contribution in [3.63, 3.8) is 0 Å². The van der Waals surface area contributed by atoms with Crippen LogP contribution >= 0.6 is 0 Å². The molecule has 10 nitrogen and oxygen atoms in total. The van der Waals surface area contributed by atoms with Gasteiger partial charge in [-0.15, -0.1) is 0 Å². The lowest BCUT2D eigenvalue weighted by atomic mass is 9.87. The number of nitrogens with zero attached hydrogens (tertiary/aromatic N) is 5. The zero-order valence-corrected chi connectivity index (χ0v) is 28.1. The van der Waals surface area contributed by atoms with E-state index in [1.165, 1.54) is 12.1 Å². The number of carbonyl (C=O) groups excluding carboxylic acids is 1. The Morgan fingerprint density at radius 1 is 1.02 bits per heavy atom. The molecule has 4 aromatic rings. The van der Waals surface area contributed by atoms with Gasteiger partial charge in [-0.3, -0.25) is 4.79 Å². The van der Waals surface area contributed by atoms with Crippen molar-refractivity contribution in [3.05, 3.63) is 82.9 Å². The average Bonchev–Trinajstić information content (AvgIpc) is 3.33. The van der Waals surface area contributed by atoms with Crippen molar-refractivity contribution in [1.82, 2.24) is 24.4 Å². The Kier molecular flexibility index (Phi) is 8.77. The van der Waals surface area contributed by atoms with E-state index in [-0.39, 0.29) is 52.7 Å². The van der Waals surface area contributed by atoms with Gasteiger partial charge in [0.05, 0.1) is 28.9 Å². The van der Waals surface area contributed by atoms with Crippen LogP contribution in [0.15, 0.2) is 59.6 Å². The van der Waals surface area contributed by atoms with Crippen LogP contribution in [0.1, 0.15) is 80.0 Å². The summed E-state index contributed by atoms with van der Waals surface area (Å²) in [4.78, 5) is 30.0. The van der Waals surface area contributed by atoms with E-state index in [0.29, 0.717) is 12.1 Å². The van der Waals surface area contributed by atoms with Gasteiger partial charge in [0.15, 0.2) is 0 Å². The number of hydrogen-bond donors (Lipinski definition) is 1. The largest absolute Gasteiger partial charge is 0.475 e. The minimum atomic E-state index is -4.15. The predicted octanol–water partition coefficient (Wildman–Crippen LogP) is 6.26. The van der Waals surface area contributed by atoms with Crippen molar-refractivity contribution >= 4 is 21.9 Å². The highest BCUT2D eigenvalue weighted by Crippen LogP contribution is 2.32. The van der Waals surface area contributed by atoms with E-state index >= 15 is 0 Å². The van der Waals surface area contributed by atoms with E-state index < -0.39 is 16.1 Å². The Morgan fingerprint density at radius 2 is 1.71 bits per heavy atom. The van der Waals surface area contributed by atoms with Crippen molar-refractivity contribution < 1.29 is 17.9 Å². The lowest BCUT2D eigenvalue weighted by molar-refractivity contribution is 0.0503. The van der Waals surface area contributed by atoms with E-state index in [1.807, 2.05) is 49.9 Å². The number of nitrogens with one attached hydrogen (secondary N) is 1. The van der Waals surface area contributed by atoms with Crippen molar-refractivity contribution in [2.24, 2.45) is 12.5 Å². The molecule has 0 saturated heterocycles. The lowest BCUT2D eigenvalue weighted by Crippen LogP contribution is -2.45. The Labute approximate surface area is 265 Å². The number of amides is 1. The van der Waals surface area contributed by atoms with E-state index in [0.717, 1.165) is 28.2 Å². The zero-order valence-electron chi connectivity index (χ0n) is 27.2. The minimum Gasteiger partial charge on any atom is -0.475 e. The molecule has 4 bridgehead atoms. The molecule has 11 heteroatoms. The second kappa shape index (κ2) is 12.3. The molecule has 45 heavy (non-hydrogen) atoms. The molecule has 1 aliphatic heterocycles. The summed E-state index contributed by atoms with van der Waals surface area (Å²) in [6.45, 7) is 14.8. The Balaban J connectivity index is 1.68. The van der Waals surface area contributed by atoms with Gasteiger partial charge in [-0.1, -0.05) is 58.9 Å². The molecule has 1 amide bonds. The summed E-state index contributed by atoms with van der Waals surface area (Å²) < 4.78 is 38.1. The molecule has 3 heterocycles. The number of sulfonamides is 1. The number of carbonyl (C=O) groups is 1. The molecule has 1 N–H and O–H groups in total. The first-order chi connectivity index (χ1) is 21.1. The number of aryl methyl sites for hydroxylation is 3. The van der Waals surface area contributed by atoms with E-state index in [2.05, 4.69) is 49.3 Å². The molecule has 2 aromatic carbocycles. The molecule has 0 saturated carbocycles. The topological polar surface area (TPSA) is 119 Å². The number of anilines is 1. The Hall–Kier alpha value is -4.25. The van der Waals surface area contributed by atoms with Gasteiger partial charge < -0.3 is 14.2 Å². The third-order valence-corrected chi connectivity index (χ3v) is 9.25. The number of fused-ring (bicyclic) bond motifs is 4. The van der Waals surface area contributed by atoms with Crippen molar-refractivity contribution in [2.45, 2.75) is 78.3 Å². The van der Waals surface area contributed by atoms with Gasteiger partial charge in [0.25, 0.3) is 15.9 Å². The van der Waals surface area contributed by atoms with Crippen LogP contribution in [0.25, 0.3) is 11.3 Å². The summed E-state index contributed by atoms with van der Waals surface area (Å²) in [5.41, 5.74) is 4.38. The van der Waals surface area contributed by atoms with E-state index in [4.69, 9.17) is 9.72 Å². The first kappa shape index (κ1) is 32.2. The van der Waals surface area contributed by atoms with Crippen LogP contribution in [0.3, 0.4) is 0 Å². The first-order valence-corrected chi connectivity index (χ1v) is 16.6. The number of ether oxygens (including phenoxy) is 1. The Morgan fingerprint density at radius 3 is 2.36 bits per heavy atom. The standard InChI is InChI=1S/C34H42N6O4S/c1-21(2)28-18-39(8)29(35-28)19-40-25(17-34(5,6)7)20-44-30-16-27(31-22(3)11-9-12-23(31)4)36-33(37-30)38-45(42,43)26-14-10-13-24(15-26)32(40)41/h9-16,18,21,25H,17,19-20H2,1-8H3,(H,36,37,38)/t25-/m1/s1. The smallest absolute Gasteiger partial charge is 0.264 e. The molecule has 0 spiro atoms. The number of benzene rings is 2. The SMILES string of the molecule is Cc1cccc(C)c1-c1cc2nc(n1)NS(=O)(=O)c1cccc(c1)C(=O)N(Cc1nc(C(C)C)cn1C)[C@H](CC(C)(C)C)CO2. The first-order valence-electron chi connectivity index (χ1n) is 15.2. The van der Waals surface area contributed by atoms with Gasteiger partial charge in [-0.05, 0) is 60.9 Å². The zero-order chi connectivity index (χ0) is 32.7. The summed E-state index contributed by atoms with van der Waals surface area (Å²) in [6, 6.07) is 13.3. The second-order valence-corrected chi connectivity index (χ2v) is 15.0. The van der Waals surface area contributed by atoms with Crippen LogP contribution in [0.4, 0.5) is 5.95 Å². The normalized spacial score (nSPS) is 16.8.